The van der Waals surface area contributed by atoms with Crippen molar-refractivity contribution in [1.29, 1.82) is 0 Å². The molecule has 0 aliphatic rings. The zero-order chi connectivity index (χ0) is 13.0. The number of rotatable bonds is 4. The molecule has 0 fully saturated rings. The Hall–Kier alpha value is -1.81. The molecular weight excluding hydrogens is 242 g/mol. The standard InChI is InChI=1S/C14H16NO2Si/c1-11-6-4-8-13(14(11)17-18(2)3)15-10-12-7-5-9-16-12/h4-10H,1-3H3. The Balaban J connectivity index is 2.29. The molecule has 0 amide bonds. The van der Waals surface area contributed by atoms with Crippen LogP contribution in [0.15, 0.2) is 46.0 Å². The molecule has 1 aromatic heterocycles. The van der Waals surface area contributed by atoms with Gasteiger partial charge in [-0.25, -0.2) is 4.99 Å². The highest BCUT2D eigenvalue weighted by molar-refractivity contribution is 6.49. The Bertz CT molecular complexity index is 533. The molecule has 0 unspecified atom stereocenters. The average molecular weight is 258 g/mol. The van der Waals surface area contributed by atoms with Gasteiger partial charge in [0.1, 0.15) is 17.2 Å². The van der Waals surface area contributed by atoms with E-state index < -0.39 is 9.04 Å². The lowest BCUT2D eigenvalue weighted by atomic mass is 10.2. The Kier molecular flexibility index (Phi) is 3.99. The Morgan fingerprint density at radius 3 is 2.72 bits per heavy atom. The van der Waals surface area contributed by atoms with Gasteiger partial charge in [-0.15, -0.1) is 0 Å². The first-order valence-electron chi connectivity index (χ1n) is 5.82. The summed E-state index contributed by atoms with van der Waals surface area (Å²) in [6.07, 6.45) is 3.34. The molecule has 2 aromatic rings. The summed E-state index contributed by atoms with van der Waals surface area (Å²) in [4.78, 5) is 4.44. The quantitative estimate of drug-likeness (QED) is 0.614. The molecule has 2 rings (SSSR count). The molecular formula is C14H16NO2Si. The molecule has 0 saturated heterocycles. The lowest BCUT2D eigenvalue weighted by Gasteiger charge is -2.13. The smallest absolute Gasteiger partial charge is 0.274 e. The van der Waals surface area contributed by atoms with Crippen LogP contribution in [-0.4, -0.2) is 15.3 Å². The van der Waals surface area contributed by atoms with E-state index in [1.54, 1.807) is 12.5 Å². The average Bonchev–Trinajstić information content (AvgIpc) is 2.82. The highest BCUT2D eigenvalue weighted by Crippen LogP contribution is 2.31. The highest BCUT2D eigenvalue weighted by Gasteiger charge is 2.08. The van der Waals surface area contributed by atoms with Gasteiger partial charge in [-0.05, 0) is 43.8 Å². The molecule has 0 atom stereocenters. The molecule has 18 heavy (non-hydrogen) atoms. The van der Waals surface area contributed by atoms with E-state index in [0.29, 0.717) is 0 Å². The fourth-order valence-electron chi connectivity index (χ4n) is 1.57. The van der Waals surface area contributed by atoms with Crippen LogP contribution in [0.25, 0.3) is 0 Å². The van der Waals surface area contributed by atoms with Crippen molar-refractivity contribution in [2.75, 3.05) is 0 Å². The van der Waals surface area contributed by atoms with Crippen LogP contribution in [0.3, 0.4) is 0 Å². The first kappa shape index (κ1) is 12.6. The molecule has 93 valence electrons. The van der Waals surface area contributed by atoms with Gasteiger partial charge >= 0.3 is 0 Å². The van der Waals surface area contributed by atoms with E-state index in [2.05, 4.69) is 18.1 Å². The summed E-state index contributed by atoms with van der Waals surface area (Å²) >= 11 is 0. The molecule has 0 aliphatic carbocycles. The number of furan rings is 1. The van der Waals surface area contributed by atoms with Gasteiger partial charge in [0.15, 0.2) is 0 Å². The third-order valence-electron chi connectivity index (χ3n) is 2.37. The van der Waals surface area contributed by atoms with Gasteiger partial charge in [-0.1, -0.05) is 12.1 Å². The van der Waals surface area contributed by atoms with Crippen molar-refractivity contribution in [3.63, 3.8) is 0 Å². The second-order valence-corrected chi connectivity index (χ2v) is 6.23. The zero-order valence-corrected chi connectivity index (χ0v) is 11.8. The van der Waals surface area contributed by atoms with E-state index >= 15 is 0 Å². The van der Waals surface area contributed by atoms with Gasteiger partial charge in [0.2, 0.25) is 0 Å². The maximum atomic E-state index is 5.90. The number of nitrogens with zero attached hydrogens (tertiary/aromatic N) is 1. The van der Waals surface area contributed by atoms with Gasteiger partial charge in [0, 0.05) is 0 Å². The van der Waals surface area contributed by atoms with Crippen molar-refractivity contribution in [3.05, 3.63) is 47.9 Å². The van der Waals surface area contributed by atoms with E-state index in [4.69, 9.17) is 8.84 Å². The normalized spacial score (nSPS) is 11.3. The fraction of sp³-hybridized carbons (Fsp3) is 0.214. The first-order valence-corrected chi connectivity index (χ1v) is 8.23. The van der Waals surface area contributed by atoms with Crippen LogP contribution in [0.2, 0.25) is 13.1 Å². The molecule has 0 spiro atoms. The highest BCUT2D eigenvalue weighted by atomic mass is 28.3. The molecule has 1 aromatic carbocycles. The van der Waals surface area contributed by atoms with Crippen LogP contribution < -0.4 is 4.43 Å². The zero-order valence-electron chi connectivity index (χ0n) is 10.8. The molecule has 1 radical (unpaired) electrons. The lowest BCUT2D eigenvalue weighted by Crippen LogP contribution is -2.12. The van der Waals surface area contributed by atoms with Crippen molar-refractivity contribution >= 4 is 20.9 Å². The van der Waals surface area contributed by atoms with Crippen molar-refractivity contribution in [3.8, 4) is 5.75 Å². The number of aryl methyl sites for hydroxylation is 1. The number of aliphatic imine (C=N–C) groups is 1. The summed E-state index contributed by atoms with van der Waals surface area (Å²) in [6, 6.07) is 9.68. The molecule has 0 N–H and O–H groups in total. The minimum atomic E-state index is -0.800. The second kappa shape index (κ2) is 5.69. The summed E-state index contributed by atoms with van der Waals surface area (Å²) in [5.74, 6) is 1.61. The molecule has 4 heteroatoms. The maximum Gasteiger partial charge on any atom is 0.274 e. The number of hydrogen-bond donors (Lipinski definition) is 0. The topological polar surface area (TPSA) is 34.7 Å². The van der Waals surface area contributed by atoms with E-state index in [-0.39, 0.29) is 0 Å². The Morgan fingerprint density at radius 1 is 1.22 bits per heavy atom. The third-order valence-corrected chi connectivity index (χ3v) is 2.98. The van der Waals surface area contributed by atoms with Gasteiger partial charge in [0.05, 0.1) is 12.5 Å². The summed E-state index contributed by atoms with van der Waals surface area (Å²) < 4.78 is 11.1. The molecule has 0 aliphatic heterocycles. The molecule has 1 heterocycles. The number of hydrogen-bond acceptors (Lipinski definition) is 3. The first-order chi connectivity index (χ1) is 8.66. The third kappa shape index (κ3) is 3.11. The van der Waals surface area contributed by atoms with Crippen LogP contribution in [0.4, 0.5) is 5.69 Å². The fourth-order valence-corrected chi connectivity index (χ4v) is 2.25. The van der Waals surface area contributed by atoms with Crippen LogP contribution in [0, 0.1) is 6.92 Å². The summed E-state index contributed by atoms with van der Waals surface area (Å²) in [6.45, 7) is 6.25. The number of para-hydroxylation sites is 1. The lowest BCUT2D eigenvalue weighted by molar-refractivity contribution is 0.560. The van der Waals surface area contributed by atoms with E-state index in [1.807, 2.05) is 37.3 Å². The van der Waals surface area contributed by atoms with Crippen LogP contribution in [0.5, 0.6) is 5.75 Å². The van der Waals surface area contributed by atoms with Crippen molar-refractivity contribution in [2.24, 2.45) is 4.99 Å². The van der Waals surface area contributed by atoms with Gasteiger partial charge in [-0.3, -0.25) is 0 Å². The minimum Gasteiger partial charge on any atom is -0.541 e. The molecule has 3 nitrogen and oxygen atoms in total. The van der Waals surface area contributed by atoms with Crippen molar-refractivity contribution in [1.82, 2.24) is 0 Å². The van der Waals surface area contributed by atoms with E-state index in [1.165, 1.54) is 0 Å². The molecule has 0 bridgehead atoms. The van der Waals surface area contributed by atoms with Gasteiger partial charge < -0.3 is 8.84 Å². The van der Waals surface area contributed by atoms with E-state index in [9.17, 15) is 0 Å². The number of benzene rings is 1. The maximum absolute atomic E-state index is 5.90. The summed E-state index contributed by atoms with van der Waals surface area (Å²) in [5.41, 5.74) is 1.95. The van der Waals surface area contributed by atoms with Crippen molar-refractivity contribution < 1.29 is 8.84 Å². The van der Waals surface area contributed by atoms with Crippen LogP contribution in [0.1, 0.15) is 11.3 Å². The van der Waals surface area contributed by atoms with Crippen molar-refractivity contribution in [2.45, 2.75) is 20.0 Å². The predicted molar refractivity (Wildman–Crippen MR) is 75.3 cm³/mol. The van der Waals surface area contributed by atoms with Crippen LogP contribution in [-0.2, 0) is 0 Å². The second-order valence-electron chi connectivity index (χ2n) is 4.21. The Labute approximate surface area is 109 Å². The monoisotopic (exact) mass is 258 g/mol. The Morgan fingerprint density at radius 2 is 2.06 bits per heavy atom. The van der Waals surface area contributed by atoms with Gasteiger partial charge in [-0.2, -0.15) is 0 Å². The predicted octanol–water partition coefficient (Wildman–Crippen LogP) is 3.97. The minimum absolute atomic E-state index is 0.737. The van der Waals surface area contributed by atoms with Gasteiger partial charge in [0.25, 0.3) is 9.04 Å². The van der Waals surface area contributed by atoms with Crippen LogP contribution >= 0.6 is 0 Å². The summed E-state index contributed by atoms with van der Waals surface area (Å²) in [5, 5.41) is 0. The molecule has 0 saturated carbocycles. The SMILES string of the molecule is Cc1cccc(N=Cc2ccco2)c1O[Si](C)C. The largest absolute Gasteiger partial charge is 0.541 e. The van der Waals surface area contributed by atoms with E-state index in [0.717, 1.165) is 22.8 Å². The summed E-state index contributed by atoms with van der Waals surface area (Å²) in [7, 11) is -0.800.